The quantitative estimate of drug-likeness (QED) is 0.502. The number of nitrogens with two attached hydrogens (primary N) is 1. The van der Waals surface area contributed by atoms with Crippen molar-refractivity contribution in [2.45, 2.75) is 11.8 Å². The number of hydrogen-bond acceptors (Lipinski definition) is 6. The molecule has 0 fully saturated rings. The summed E-state index contributed by atoms with van der Waals surface area (Å²) in [5.41, 5.74) is 5.80. The van der Waals surface area contributed by atoms with Crippen molar-refractivity contribution >= 4 is 27.2 Å². The minimum atomic E-state index is -3.91. The highest BCUT2D eigenvalue weighted by molar-refractivity contribution is 7.92. The number of anilines is 2. The summed E-state index contributed by atoms with van der Waals surface area (Å²) in [4.78, 5) is 13.7. The first kappa shape index (κ1) is 14.7. The second-order valence-corrected chi connectivity index (χ2v) is 5.99. The Morgan fingerprint density at radius 3 is 2.52 bits per heavy atom. The molecule has 0 bridgehead atoms. The first-order chi connectivity index (χ1) is 9.79. The Kier molecular flexibility index (Phi) is 3.76. The predicted molar refractivity (Wildman–Crippen MR) is 77.3 cm³/mol. The fourth-order valence-corrected chi connectivity index (χ4v) is 2.63. The van der Waals surface area contributed by atoms with Crippen LogP contribution in [-0.2, 0) is 10.0 Å². The topological polar surface area (TPSA) is 128 Å². The lowest BCUT2D eigenvalue weighted by Gasteiger charge is -2.08. The van der Waals surface area contributed by atoms with Gasteiger partial charge in [-0.3, -0.25) is 14.8 Å². The normalized spacial score (nSPS) is 11.1. The van der Waals surface area contributed by atoms with E-state index >= 15 is 0 Å². The molecule has 1 aromatic carbocycles. The highest BCUT2D eigenvalue weighted by Gasteiger charge is 2.19. The minimum absolute atomic E-state index is 0.150. The standard InChI is InChI=1S/C12H12N4O4S/c1-8-2-5-12(14-7-8)15-21(19,20)9-3-4-11(16(17)18)10(13)6-9/h2-7H,13H2,1H3,(H,14,15). The Morgan fingerprint density at radius 1 is 1.29 bits per heavy atom. The minimum Gasteiger partial charge on any atom is -0.393 e. The van der Waals surface area contributed by atoms with Crippen molar-refractivity contribution in [3.05, 3.63) is 52.2 Å². The number of aryl methyl sites for hydroxylation is 1. The molecule has 2 rings (SSSR count). The largest absolute Gasteiger partial charge is 0.393 e. The average Bonchev–Trinajstić information content (AvgIpc) is 2.40. The zero-order valence-corrected chi connectivity index (χ0v) is 11.8. The zero-order chi connectivity index (χ0) is 15.6. The van der Waals surface area contributed by atoms with E-state index in [2.05, 4.69) is 9.71 Å². The van der Waals surface area contributed by atoms with Crippen molar-refractivity contribution in [1.29, 1.82) is 0 Å². The predicted octanol–water partition coefficient (Wildman–Crippen LogP) is 1.68. The van der Waals surface area contributed by atoms with Gasteiger partial charge in [0.25, 0.3) is 15.7 Å². The number of pyridine rings is 1. The van der Waals surface area contributed by atoms with E-state index in [1.165, 1.54) is 12.3 Å². The maximum atomic E-state index is 12.1. The number of nitrogens with zero attached hydrogens (tertiary/aromatic N) is 2. The molecule has 1 aromatic heterocycles. The molecular weight excluding hydrogens is 296 g/mol. The van der Waals surface area contributed by atoms with Crippen molar-refractivity contribution in [1.82, 2.24) is 4.98 Å². The van der Waals surface area contributed by atoms with Crippen molar-refractivity contribution in [3.63, 3.8) is 0 Å². The van der Waals surface area contributed by atoms with Crippen LogP contribution >= 0.6 is 0 Å². The van der Waals surface area contributed by atoms with Crippen molar-refractivity contribution < 1.29 is 13.3 Å². The highest BCUT2D eigenvalue weighted by Crippen LogP contribution is 2.25. The lowest BCUT2D eigenvalue weighted by Crippen LogP contribution is -2.14. The van der Waals surface area contributed by atoms with E-state index in [4.69, 9.17) is 5.73 Å². The van der Waals surface area contributed by atoms with E-state index in [1.807, 2.05) is 6.92 Å². The molecule has 21 heavy (non-hydrogen) atoms. The van der Waals surface area contributed by atoms with Crippen LogP contribution in [0.2, 0.25) is 0 Å². The van der Waals surface area contributed by atoms with Gasteiger partial charge < -0.3 is 5.73 Å². The molecule has 0 aliphatic carbocycles. The van der Waals surface area contributed by atoms with Crippen LogP contribution in [0.15, 0.2) is 41.4 Å². The number of rotatable bonds is 4. The van der Waals surface area contributed by atoms with Gasteiger partial charge >= 0.3 is 0 Å². The fourth-order valence-electron chi connectivity index (χ4n) is 1.59. The summed E-state index contributed by atoms with van der Waals surface area (Å²) in [5, 5.41) is 10.7. The van der Waals surface area contributed by atoms with Gasteiger partial charge in [-0.2, -0.15) is 0 Å². The molecule has 9 heteroatoms. The number of hydrogen-bond donors (Lipinski definition) is 2. The van der Waals surface area contributed by atoms with Gasteiger partial charge in [0.15, 0.2) is 0 Å². The van der Waals surface area contributed by atoms with Gasteiger partial charge in [-0.25, -0.2) is 13.4 Å². The van der Waals surface area contributed by atoms with Crippen LogP contribution in [0.4, 0.5) is 17.2 Å². The summed E-state index contributed by atoms with van der Waals surface area (Å²) in [7, 11) is -3.91. The van der Waals surface area contributed by atoms with Gasteiger partial charge in [0, 0.05) is 12.3 Å². The van der Waals surface area contributed by atoms with Crippen molar-refractivity contribution in [3.8, 4) is 0 Å². The van der Waals surface area contributed by atoms with Crippen LogP contribution in [0.3, 0.4) is 0 Å². The number of benzene rings is 1. The molecule has 0 aliphatic rings. The maximum absolute atomic E-state index is 12.1. The Bertz CT molecular complexity index is 787. The molecule has 3 N–H and O–H groups in total. The van der Waals surface area contributed by atoms with Crippen LogP contribution in [0.25, 0.3) is 0 Å². The Morgan fingerprint density at radius 2 is 2.00 bits per heavy atom. The van der Waals surface area contributed by atoms with Gasteiger partial charge in [-0.15, -0.1) is 0 Å². The molecule has 2 aromatic rings. The van der Waals surface area contributed by atoms with E-state index in [0.29, 0.717) is 0 Å². The van der Waals surface area contributed by atoms with E-state index in [1.54, 1.807) is 6.07 Å². The molecule has 0 spiro atoms. The van der Waals surface area contributed by atoms with E-state index in [9.17, 15) is 18.5 Å². The third-order valence-electron chi connectivity index (χ3n) is 2.66. The van der Waals surface area contributed by atoms with Crippen LogP contribution in [0.1, 0.15) is 5.56 Å². The number of nitrogen functional groups attached to an aromatic ring is 1. The molecule has 110 valence electrons. The summed E-state index contributed by atoms with van der Waals surface area (Å²) in [5.74, 6) is 0.150. The molecule has 0 atom stereocenters. The smallest absolute Gasteiger partial charge is 0.292 e. The molecule has 0 radical (unpaired) electrons. The van der Waals surface area contributed by atoms with Crippen LogP contribution in [0.5, 0.6) is 0 Å². The van der Waals surface area contributed by atoms with Gasteiger partial charge in [0.2, 0.25) is 0 Å². The second kappa shape index (κ2) is 5.37. The highest BCUT2D eigenvalue weighted by atomic mass is 32.2. The fraction of sp³-hybridized carbons (Fsp3) is 0.0833. The first-order valence-corrected chi connectivity index (χ1v) is 7.27. The molecule has 1 heterocycles. The third-order valence-corrected chi connectivity index (χ3v) is 4.01. The van der Waals surface area contributed by atoms with Crippen molar-refractivity contribution in [2.24, 2.45) is 0 Å². The molecule has 0 unspecified atom stereocenters. The number of nitro groups is 1. The SMILES string of the molecule is Cc1ccc(NS(=O)(=O)c2ccc([N+](=O)[O-])c(N)c2)nc1. The van der Waals surface area contributed by atoms with Gasteiger partial charge in [0.1, 0.15) is 11.5 Å². The molecule has 0 saturated carbocycles. The van der Waals surface area contributed by atoms with E-state index in [-0.39, 0.29) is 22.1 Å². The van der Waals surface area contributed by atoms with Crippen molar-refractivity contribution in [2.75, 3.05) is 10.5 Å². The molecular formula is C12H12N4O4S. The molecule has 0 aliphatic heterocycles. The van der Waals surface area contributed by atoms with Crippen LogP contribution in [0, 0.1) is 17.0 Å². The molecule has 0 amide bonds. The summed E-state index contributed by atoms with van der Waals surface area (Å²) in [6.45, 7) is 1.82. The Balaban J connectivity index is 2.33. The summed E-state index contributed by atoms with van der Waals surface area (Å²) in [6.07, 6.45) is 1.52. The number of nitrogens with one attached hydrogen (secondary N) is 1. The monoisotopic (exact) mass is 308 g/mol. The summed E-state index contributed by atoms with van der Waals surface area (Å²) in [6, 6.07) is 6.42. The van der Waals surface area contributed by atoms with Gasteiger partial charge in [0.05, 0.1) is 9.82 Å². The van der Waals surface area contributed by atoms with Gasteiger partial charge in [-0.05, 0) is 30.7 Å². The number of nitro benzene ring substituents is 1. The number of sulfonamides is 1. The maximum Gasteiger partial charge on any atom is 0.292 e. The van der Waals surface area contributed by atoms with E-state index in [0.717, 1.165) is 23.8 Å². The van der Waals surface area contributed by atoms with Crippen LogP contribution < -0.4 is 10.5 Å². The van der Waals surface area contributed by atoms with Gasteiger partial charge in [-0.1, -0.05) is 6.07 Å². The lowest BCUT2D eigenvalue weighted by atomic mass is 10.3. The molecule has 8 nitrogen and oxygen atoms in total. The average molecular weight is 308 g/mol. The molecule has 0 saturated heterocycles. The lowest BCUT2D eigenvalue weighted by molar-refractivity contribution is -0.383. The number of aromatic nitrogens is 1. The summed E-state index contributed by atoms with van der Waals surface area (Å²) < 4.78 is 26.6. The third kappa shape index (κ3) is 3.26. The van der Waals surface area contributed by atoms with E-state index < -0.39 is 14.9 Å². The Hall–Kier alpha value is -2.68. The summed E-state index contributed by atoms with van der Waals surface area (Å²) >= 11 is 0. The Labute approximate surface area is 120 Å². The zero-order valence-electron chi connectivity index (χ0n) is 11.0. The van der Waals surface area contributed by atoms with Crippen LogP contribution in [-0.4, -0.2) is 18.3 Å². The second-order valence-electron chi connectivity index (χ2n) is 4.30. The first-order valence-electron chi connectivity index (χ1n) is 5.79.